The molecule has 0 amide bonds. The van der Waals surface area contributed by atoms with Gasteiger partial charge in [0, 0.05) is 5.88 Å². The van der Waals surface area contributed by atoms with Crippen molar-refractivity contribution in [2.75, 3.05) is 46.2 Å². The van der Waals surface area contributed by atoms with Crippen LogP contribution in [-0.2, 0) is 0 Å². The Morgan fingerprint density at radius 2 is 1.93 bits per heavy atom. The van der Waals surface area contributed by atoms with Crippen molar-refractivity contribution in [1.82, 2.24) is 9.80 Å². The maximum atomic E-state index is 5.85. The lowest BCUT2D eigenvalue weighted by Gasteiger charge is -2.31. The van der Waals surface area contributed by atoms with Gasteiger partial charge in [-0.25, -0.2) is 0 Å². The van der Waals surface area contributed by atoms with Crippen LogP contribution in [0.25, 0.3) is 0 Å². The number of alkyl halides is 1. The van der Waals surface area contributed by atoms with E-state index in [0.717, 1.165) is 11.8 Å². The van der Waals surface area contributed by atoms with E-state index in [0.29, 0.717) is 0 Å². The topological polar surface area (TPSA) is 6.48 Å². The minimum absolute atomic E-state index is 0.779. The van der Waals surface area contributed by atoms with E-state index >= 15 is 0 Å². The van der Waals surface area contributed by atoms with Crippen molar-refractivity contribution in [2.45, 2.75) is 19.3 Å². The summed E-state index contributed by atoms with van der Waals surface area (Å²) in [5.74, 6) is 1.63. The van der Waals surface area contributed by atoms with E-state index in [1.165, 1.54) is 45.4 Å². The molecule has 1 aliphatic rings. The summed E-state index contributed by atoms with van der Waals surface area (Å²) in [7, 11) is 4.28. The van der Waals surface area contributed by atoms with E-state index < -0.39 is 0 Å². The van der Waals surface area contributed by atoms with Crippen LogP contribution in [0.2, 0.25) is 0 Å². The third-order valence-corrected chi connectivity index (χ3v) is 3.44. The Bertz CT molecular complexity index is 142. The van der Waals surface area contributed by atoms with Crippen LogP contribution in [-0.4, -0.2) is 56.0 Å². The smallest absolute Gasteiger partial charge is 0.0252 e. The van der Waals surface area contributed by atoms with Gasteiger partial charge >= 0.3 is 0 Å². The maximum absolute atomic E-state index is 5.85. The molecule has 0 unspecified atom stereocenters. The van der Waals surface area contributed by atoms with Crippen molar-refractivity contribution in [3.05, 3.63) is 0 Å². The van der Waals surface area contributed by atoms with Gasteiger partial charge in [0.15, 0.2) is 0 Å². The fraction of sp³-hybridized carbons (Fsp3) is 1.00. The summed E-state index contributed by atoms with van der Waals surface area (Å²) in [6.07, 6.45) is 3.88. The summed E-state index contributed by atoms with van der Waals surface area (Å²) in [4.78, 5) is 4.83. The monoisotopic (exact) mass is 218 g/mol. The molecule has 0 aromatic heterocycles. The van der Waals surface area contributed by atoms with Crippen LogP contribution < -0.4 is 0 Å². The Morgan fingerprint density at radius 3 is 2.43 bits per heavy atom. The van der Waals surface area contributed by atoms with Crippen LogP contribution in [0.3, 0.4) is 0 Å². The van der Waals surface area contributed by atoms with Crippen LogP contribution in [0.1, 0.15) is 19.3 Å². The first-order chi connectivity index (χ1) is 6.72. The second kappa shape index (κ2) is 6.65. The first kappa shape index (κ1) is 12.3. The molecule has 1 rings (SSSR count). The predicted octanol–water partition coefficient (Wildman–Crippen LogP) is 1.89. The van der Waals surface area contributed by atoms with Crippen molar-refractivity contribution in [2.24, 2.45) is 5.92 Å². The van der Waals surface area contributed by atoms with E-state index in [-0.39, 0.29) is 0 Å². The van der Waals surface area contributed by atoms with Crippen LogP contribution in [0.15, 0.2) is 0 Å². The lowest BCUT2D eigenvalue weighted by atomic mass is 9.99. The molecule has 0 spiro atoms. The number of rotatable bonds is 5. The summed E-state index contributed by atoms with van der Waals surface area (Å²) in [5, 5.41) is 0. The van der Waals surface area contributed by atoms with Crippen LogP contribution in [0, 0.1) is 5.92 Å². The molecule has 0 bridgehead atoms. The number of halogens is 1. The van der Waals surface area contributed by atoms with Gasteiger partial charge in [0.1, 0.15) is 0 Å². The molecular weight excluding hydrogens is 196 g/mol. The molecular formula is C11H23ClN2. The zero-order valence-corrected chi connectivity index (χ0v) is 10.3. The first-order valence-electron chi connectivity index (χ1n) is 5.65. The summed E-state index contributed by atoms with van der Waals surface area (Å²) < 4.78 is 0. The molecule has 1 aliphatic heterocycles. The number of hydrogen-bond acceptors (Lipinski definition) is 2. The Morgan fingerprint density at radius 1 is 1.29 bits per heavy atom. The molecule has 0 aromatic carbocycles. The van der Waals surface area contributed by atoms with Crippen molar-refractivity contribution in [3.63, 3.8) is 0 Å². The Labute approximate surface area is 93.2 Å². The van der Waals surface area contributed by atoms with Gasteiger partial charge in [-0.05, 0) is 65.5 Å². The predicted molar refractivity (Wildman–Crippen MR) is 63.1 cm³/mol. The lowest BCUT2D eigenvalue weighted by molar-refractivity contribution is 0.186. The molecule has 0 saturated carbocycles. The number of piperidine rings is 1. The van der Waals surface area contributed by atoms with Crippen molar-refractivity contribution in [1.29, 1.82) is 0 Å². The minimum atomic E-state index is 0.779. The maximum Gasteiger partial charge on any atom is 0.0252 e. The SMILES string of the molecule is CN(C)CCCN1CCC(CCl)CC1. The molecule has 0 radical (unpaired) electrons. The minimum Gasteiger partial charge on any atom is -0.309 e. The third kappa shape index (κ3) is 4.63. The Balaban J connectivity index is 2.04. The highest BCUT2D eigenvalue weighted by atomic mass is 35.5. The molecule has 14 heavy (non-hydrogen) atoms. The fourth-order valence-electron chi connectivity index (χ4n) is 1.97. The summed E-state index contributed by atoms with van der Waals surface area (Å²) in [6, 6.07) is 0. The zero-order chi connectivity index (χ0) is 10.4. The van der Waals surface area contributed by atoms with Gasteiger partial charge in [-0.15, -0.1) is 11.6 Å². The third-order valence-electron chi connectivity index (χ3n) is 3.01. The molecule has 84 valence electrons. The average molecular weight is 219 g/mol. The molecule has 2 nitrogen and oxygen atoms in total. The van der Waals surface area contributed by atoms with E-state index in [2.05, 4.69) is 23.9 Å². The lowest BCUT2D eigenvalue weighted by Crippen LogP contribution is -2.35. The first-order valence-corrected chi connectivity index (χ1v) is 6.19. The highest BCUT2D eigenvalue weighted by Gasteiger charge is 2.17. The van der Waals surface area contributed by atoms with Gasteiger partial charge in [0.2, 0.25) is 0 Å². The van der Waals surface area contributed by atoms with Crippen LogP contribution in [0.4, 0.5) is 0 Å². The van der Waals surface area contributed by atoms with Gasteiger partial charge in [-0.2, -0.15) is 0 Å². The summed E-state index contributed by atoms with van der Waals surface area (Å²) in [6.45, 7) is 4.97. The van der Waals surface area contributed by atoms with Crippen LogP contribution >= 0.6 is 11.6 Å². The van der Waals surface area contributed by atoms with Gasteiger partial charge in [-0.1, -0.05) is 0 Å². The summed E-state index contributed by atoms with van der Waals surface area (Å²) >= 11 is 5.85. The van der Waals surface area contributed by atoms with E-state index in [1.807, 2.05) is 0 Å². The highest BCUT2D eigenvalue weighted by Crippen LogP contribution is 2.18. The second-order valence-electron chi connectivity index (χ2n) is 4.60. The zero-order valence-electron chi connectivity index (χ0n) is 9.51. The molecule has 1 fully saturated rings. The van der Waals surface area contributed by atoms with E-state index in [4.69, 9.17) is 11.6 Å². The number of hydrogen-bond donors (Lipinski definition) is 0. The number of nitrogens with zero attached hydrogens (tertiary/aromatic N) is 2. The normalized spacial score (nSPS) is 20.6. The molecule has 0 aliphatic carbocycles. The molecule has 0 N–H and O–H groups in total. The van der Waals surface area contributed by atoms with Gasteiger partial charge in [0.25, 0.3) is 0 Å². The Kier molecular flexibility index (Phi) is 5.83. The van der Waals surface area contributed by atoms with E-state index in [1.54, 1.807) is 0 Å². The van der Waals surface area contributed by atoms with Gasteiger partial charge in [0.05, 0.1) is 0 Å². The quantitative estimate of drug-likeness (QED) is 0.651. The molecule has 0 atom stereocenters. The second-order valence-corrected chi connectivity index (χ2v) is 4.90. The van der Waals surface area contributed by atoms with Crippen LogP contribution in [0.5, 0.6) is 0 Å². The molecule has 1 heterocycles. The van der Waals surface area contributed by atoms with Crippen molar-refractivity contribution < 1.29 is 0 Å². The standard InChI is InChI=1S/C11H23ClN2/c1-13(2)6-3-7-14-8-4-11(10-12)5-9-14/h11H,3-10H2,1-2H3. The molecule has 1 saturated heterocycles. The summed E-state index contributed by atoms with van der Waals surface area (Å²) in [5.41, 5.74) is 0. The number of likely N-dealkylation sites (tertiary alicyclic amines) is 1. The Hall–Kier alpha value is 0.210. The average Bonchev–Trinajstić information content (AvgIpc) is 2.18. The van der Waals surface area contributed by atoms with Gasteiger partial charge < -0.3 is 9.80 Å². The highest BCUT2D eigenvalue weighted by molar-refractivity contribution is 6.18. The fourth-order valence-corrected chi connectivity index (χ4v) is 2.28. The van der Waals surface area contributed by atoms with Crippen molar-refractivity contribution in [3.8, 4) is 0 Å². The van der Waals surface area contributed by atoms with E-state index in [9.17, 15) is 0 Å². The largest absolute Gasteiger partial charge is 0.309 e. The van der Waals surface area contributed by atoms with Crippen molar-refractivity contribution >= 4 is 11.6 Å². The van der Waals surface area contributed by atoms with Gasteiger partial charge in [-0.3, -0.25) is 0 Å². The molecule has 3 heteroatoms. The molecule has 0 aromatic rings.